The van der Waals surface area contributed by atoms with Gasteiger partial charge in [0.05, 0.1) is 5.56 Å². The highest BCUT2D eigenvalue weighted by Gasteiger charge is 2.18. The van der Waals surface area contributed by atoms with Crippen LogP contribution in [0.3, 0.4) is 0 Å². The Kier molecular flexibility index (Phi) is 4.46. The molecule has 21 heavy (non-hydrogen) atoms. The number of hydrogen-bond acceptors (Lipinski definition) is 4. The van der Waals surface area contributed by atoms with Gasteiger partial charge in [-0.15, -0.1) is 0 Å². The summed E-state index contributed by atoms with van der Waals surface area (Å²) in [5.41, 5.74) is 0.771. The maximum Gasteiger partial charge on any atom is 0.412 e. The molecule has 0 radical (unpaired) electrons. The first-order valence-electron chi connectivity index (χ1n) is 6.25. The summed E-state index contributed by atoms with van der Waals surface area (Å²) < 4.78 is 5.05. The molecule has 0 unspecified atom stereocenters. The lowest BCUT2D eigenvalue weighted by atomic mass is 9.98. The summed E-state index contributed by atoms with van der Waals surface area (Å²) in [5, 5.41) is 2.31. The average Bonchev–Trinajstić information content (AvgIpc) is 2.54. The molecule has 0 atom stereocenters. The van der Waals surface area contributed by atoms with E-state index in [0.717, 1.165) is 0 Å². The molecule has 0 saturated heterocycles. The molecule has 0 spiro atoms. The number of para-hydroxylation sites is 1. The van der Waals surface area contributed by atoms with Gasteiger partial charge in [0.1, 0.15) is 5.75 Å². The second-order valence-corrected chi connectivity index (χ2v) is 4.17. The lowest BCUT2D eigenvalue weighted by Crippen LogP contribution is -2.23. The fourth-order valence-electron chi connectivity index (χ4n) is 1.85. The monoisotopic (exact) mass is 283 g/mol. The van der Waals surface area contributed by atoms with Crippen molar-refractivity contribution < 1.29 is 19.1 Å². The second kappa shape index (κ2) is 6.47. The van der Waals surface area contributed by atoms with Gasteiger partial charge in [-0.3, -0.25) is 9.59 Å². The summed E-state index contributed by atoms with van der Waals surface area (Å²) in [6.07, 6.45) is -0.0472. The molecule has 0 heterocycles. The van der Waals surface area contributed by atoms with Crippen molar-refractivity contribution in [1.29, 1.82) is 0 Å². The van der Waals surface area contributed by atoms with Crippen LogP contribution in [-0.2, 0) is 0 Å². The van der Waals surface area contributed by atoms with Gasteiger partial charge in [0.25, 0.3) is 0 Å². The molecular formula is C16H13NO4. The molecule has 0 aliphatic rings. The molecule has 0 fully saturated rings. The van der Waals surface area contributed by atoms with Crippen molar-refractivity contribution in [2.24, 2.45) is 0 Å². The number of aldehydes is 1. The van der Waals surface area contributed by atoms with E-state index >= 15 is 0 Å². The third-order valence-electron chi connectivity index (χ3n) is 2.87. The Morgan fingerprint density at radius 1 is 1.00 bits per heavy atom. The molecular weight excluding hydrogens is 270 g/mol. The van der Waals surface area contributed by atoms with Gasteiger partial charge in [0, 0.05) is 18.2 Å². The van der Waals surface area contributed by atoms with E-state index in [9.17, 15) is 14.4 Å². The largest absolute Gasteiger partial charge is 0.412 e. The number of ketones is 1. The number of carbonyl (C=O) groups excluding carboxylic acids is 3. The summed E-state index contributed by atoms with van der Waals surface area (Å²) in [6.45, 7) is 0. The summed E-state index contributed by atoms with van der Waals surface area (Å²) in [4.78, 5) is 34.9. The number of carbonyl (C=O) groups is 3. The van der Waals surface area contributed by atoms with Crippen LogP contribution >= 0.6 is 0 Å². The molecule has 5 nitrogen and oxygen atoms in total. The fraction of sp³-hybridized carbons (Fsp3) is 0.0625. The molecule has 2 aromatic rings. The third-order valence-corrected chi connectivity index (χ3v) is 2.87. The minimum absolute atomic E-state index is 0.141. The zero-order chi connectivity index (χ0) is 15.2. The van der Waals surface area contributed by atoms with Crippen molar-refractivity contribution in [1.82, 2.24) is 5.32 Å². The average molecular weight is 283 g/mol. The SMILES string of the molecule is CNC(=O)Oc1ccccc1C(=O)c1ccccc1C=O. The van der Waals surface area contributed by atoms with E-state index < -0.39 is 6.09 Å². The van der Waals surface area contributed by atoms with Gasteiger partial charge < -0.3 is 10.1 Å². The van der Waals surface area contributed by atoms with E-state index in [4.69, 9.17) is 4.74 Å². The molecule has 0 aliphatic carbocycles. The Morgan fingerprint density at radius 3 is 2.29 bits per heavy atom. The summed E-state index contributed by atoms with van der Waals surface area (Å²) >= 11 is 0. The van der Waals surface area contributed by atoms with Crippen LogP contribution in [0.15, 0.2) is 48.5 Å². The molecule has 0 aromatic heterocycles. The Hall–Kier alpha value is -2.95. The zero-order valence-electron chi connectivity index (χ0n) is 11.3. The summed E-state index contributed by atoms with van der Waals surface area (Å²) in [6, 6.07) is 12.8. The molecule has 0 bridgehead atoms. The molecule has 0 saturated carbocycles. The van der Waals surface area contributed by atoms with Gasteiger partial charge in [-0.05, 0) is 12.1 Å². The van der Waals surface area contributed by atoms with Gasteiger partial charge in [0.2, 0.25) is 0 Å². The Morgan fingerprint density at radius 2 is 1.62 bits per heavy atom. The quantitative estimate of drug-likeness (QED) is 0.691. The molecule has 2 aromatic carbocycles. The normalized spacial score (nSPS) is 9.76. The molecule has 2 rings (SSSR count). The van der Waals surface area contributed by atoms with E-state index in [0.29, 0.717) is 6.29 Å². The van der Waals surface area contributed by atoms with Crippen molar-refractivity contribution in [2.75, 3.05) is 7.05 Å². The predicted octanol–water partition coefficient (Wildman–Crippen LogP) is 2.45. The highest BCUT2D eigenvalue weighted by Crippen LogP contribution is 2.22. The van der Waals surface area contributed by atoms with Gasteiger partial charge in [-0.25, -0.2) is 4.79 Å². The number of nitrogens with one attached hydrogen (secondary N) is 1. The predicted molar refractivity (Wildman–Crippen MR) is 76.8 cm³/mol. The first kappa shape index (κ1) is 14.5. The minimum atomic E-state index is -0.668. The minimum Gasteiger partial charge on any atom is -0.410 e. The van der Waals surface area contributed by atoms with E-state index in [-0.39, 0.29) is 28.2 Å². The summed E-state index contributed by atoms with van der Waals surface area (Å²) in [7, 11) is 1.43. The highest BCUT2D eigenvalue weighted by atomic mass is 16.6. The molecule has 1 amide bonds. The molecule has 0 aliphatic heterocycles. The maximum absolute atomic E-state index is 12.5. The van der Waals surface area contributed by atoms with Crippen molar-refractivity contribution >= 4 is 18.2 Å². The summed E-state index contributed by atoms with van der Waals surface area (Å²) in [5.74, 6) is -0.236. The zero-order valence-corrected chi connectivity index (χ0v) is 11.3. The number of hydrogen-bond donors (Lipinski definition) is 1. The van der Waals surface area contributed by atoms with E-state index in [1.807, 2.05) is 0 Å². The molecule has 106 valence electrons. The van der Waals surface area contributed by atoms with E-state index in [1.54, 1.807) is 42.5 Å². The van der Waals surface area contributed by atoms with Crippen LogP contribution in [-0.4, -0.2) is 25.2 Å². The Labute approximate surface area is 121 Å². The Balaban J connectivity index is 2.44. The van der Waals surface area contributed by atoms with Crippen LogP contribution in [0.4, 0.5) is 4.79 Å². The fourth-order valence-corrected chi connectivity index (χ4v) is 1.85. The first-order valence-corrected chi connectivity index (χ1v) is 6.25. The smallest absolute Gasteiger partial charge is 0.410 e. The standard InChI is InChI=1S/C16H13NO4/c1-17-16(20)21-14-9-5-4-8-13(14)15(19)12-7-3-2-6-11(12)10-18/h2-10H,1H3,(H,17,20). The number of ether oxygens (including phenoxy) is 1. The van der Waals surface area contributed by atoms with Crippen LogP contribution in [0.2, 0.25) is 0 Å². The van der Waals surface area contributed by atoms with Gasteiger partial charge in [0.15, 0.2) is 12.1 Å². The Bertz CT molecular complexity index is 694. The van der Waals surface area contributed by atoms with Crippen LogP contribution in [0, 0.1) is 0 Å². The van der Waals surface area contributed by atoms with Crippen molar-refractivity contribution in [3.63, 3.8) is 0 Å². The lowest BCUT2D eigenvalue weighted by molar-refractivity contribution is 0.102. The van der Waals surface area contributed by atoms with E-state index in [2.05, 4.69) is 5.32 Å². The third kappa shape index (κ3) is 3.14. The van der Waals surface area contributed by atoms with Gasteiger partial charge in [-0.2, -0.15) is 0 Å². The van der Waals surface area contributed by atoms with Crippen LogP contribution in [0.25, 0.3) is 0 Å². The van der Waals surface area contributed by atoms with Crippen LogP contribution in [0.1, 0.15) is 26.3 Å². The van der Waals surface area contributed by atoms with E-state index in [1.165, 1.54) is 13.1 Å². The maximum atomic E-state index is 12.5. The lowest BCUT2D eigenvalue weighted by Gasteiger charge is -2.09. The van der Waals surface area contributed by atoms with Gasteiger partial charge in [-0.1, -0.05) is 36.4 Å². The van der Waals surface area contributed by atoms with Crippen LogP contribution < -0.4 is 10.1 Å². The molecule has 5 heteroatoms. The van der Waals surface area contributed by atoms with Crippen molar-refractivity contribution in [3.05, 3.63) is 65.2 Å². The van der Waals surface area contributed by atoms with Gasteiger partial charge >= 0.3 is 6.09 Å². The van der Waals surface area contributed by atoms with Crippen LogP contribution in [0.5, 0.6) is 5.75 Å². The first-order chi connectivity index (χ1) is 10.2. The van der Waals surface area contributed by atoms with Crippen molar-refractivity contribution in [3.8, 4) is 5.75 Å². The number of rotatable bonds is 4. The number of amides is 1. The van der Waals surface area contributed by atoms with Crippen molar-refractivity contribution in [2.45, 2.75) is 0 Å². The molecule has 1 N–H and O–H groups in total. The number of benzene rings is 2. The highest BCUT2D eigenvalue weighted by molar-refractivity contribution is 6.14. The second-order valence-electron chi connectivity index (χ2n) is 4.17. The topological polar surface area (TPSA) is 72.5 Å².